The number of hydrogen-bond donors (Lipinski definition) is 1. The number of ether oxygens (including phenoxy) is 1. The molecule has 0 saturated heterocycles. The van der Waals surface area contributed by atoms with Crippen molar-refractivity contribution < 1.29 is 4.74 Å². The van der Waals surface area contributed by atoms with Crippen LogP contribution in [0.5, 0.6) is 5.75 Å². The highest BCUT2D eigenvalue weighted by atomic mass is 32.1. The van der Waals surface area contributed by atoms with Crippen LogP contribution in [-0.2, 0) is 6.42 Å². The van der Waals surface area contributed by atoms with Crippen molar-refractivity contribution >= 4 is 11.3 Å². The lowest BCUT2D eigenvalue weighted by molar-refractivity contribution is 0.405. The van der Waals surface area contributed by atoms with Crippen LogP contribution in [0.15, 0.2) is 29.8 Å². The fourth-order valence-electron chi connectivity index (χ4n) is 1.98. The minimum atomic E-state index is 0.244. The van der Waals surface area contributed by atoms with E-state index in [4.69, 9.17) is 4.74 Å². The highest BCUT2D eigenvalue weighted by molar-refractivity contribution is 7.10. The standard InChI is InChI=1S/C14H18N2OS/c1-10-5-4-7-16-11(10)9-12(15-2)14-13(17-3)6-8-18-14/h4-8,12,15H,9H2,1-3H3. The maximum Gasteiger partial charge on any atom is 0.134 e. The molecule has 0 fully saturated rings. The average Bonchev–Trinajstić information content (AvgIpc) is 2.86. The van der Waals surface area contributed by atoms with Crippen LogP contribution in [-0.4, -0.2) is 19.1 Å². The summed E-state index contributed by atoms with van der Waals surface area (Å²) in [6.07, 6.45) is 2.72. The Morgan fingerprint density at radius 3 is 2.94 bits per heavy atom. The van der Waals surface area contributed by atoms with E-state index in [9.17, 15) is 0 Å². The monoisotopic (exact) mass is 262 g/mol. The number of thiophene rings is 1. The van der Waals surface area contributed by atoms with Crippen molar-refractivity contribution in [3.05, 3.63) is 45.9 Å². The van der Waals surface area contributed by atoms with Gasteiger partial charge >= 0.3 is 0 Å². The lowest BCUT2D eigenvalue weighted by atomic mass is 10.1. The van der Waals surface area contributed by atoms with E-state index in [1.165, 1.54) is 10.4 Å². The number of aryl methyl sites for hydroxylation is 1. The molecule has 0 aliphatic rings. The number of likely N-dealkylation sites (N-methyl/N-ethyl adjacent to an activating group) is 1. The molecular weight excluding hydrogens is 244 g/mol. The van der Waals surface area contributed by atoms with Gasteiger partial charge in [-0.05, 0) is 37.0 Å². The van der Waals surface area contributed by atoms with Gasteiger partial charge in [-0.25, -0.2) is 0 Å². The molecule has 0 bridgehead atoms. The minimum absolute atomic E-state index is 0.244. The summed E-state index contributed by atoms with van der Waals surface area (Å²) in [6, 6.07) is 6.32. The van der Waals surface area contributed by atoms with Crippen LogP contribution in [0.1, 0.15) is 22.2 Å². The number of hydrogen-bond acceptors (Lipinski definition) is 4. The van der Waals surface area contributed by atoms with E-state index >= 15 is 0 Å². The van der Waals surface area contributed by atoms with Crippen molar-refractivity contribution in [2.24, 2.45) is 0 Å². The molecule has 0 aromatic carbocycles. The first kappa shape index (κ1) is 13.1. The molecule has 18 heavy (non-hydrogen) atoms. The van der Waals surface area contributed by atoms with Crippen molar-refractivity contribution in [3.63, 3.8) is 0 Å². The van der Waals surface area contributed by atoms with Crippen molar-refractivity contribution in [2.45, 2.75) is 19.4 Å². The van der Waals surface area contributed by atoms with Gasteiger partial charge in [0, 0.05) is 18.3 Å². The number of nitrogens with one attached hydrogen (secondary N) is 1. The zero-order valence-corrected chi connectivity index (χ0v) is 11.8. The predicted molar refractivity (Wildman–Crippen MR) is 75.3 cm³/mol. The third-order valence-corrected chi connectivity index (χ3v) is 4.07. The van der Waals surface area contributed by atoms with Crippen LogP contribution >= 0.6 is 11.3 Å². The Labute approximate surface area is 112 Å². The topological polar surface area (TPSA) is 34.2 Å². The van der Waals surface area contributed by atoms with E-state index < -0.39 is 0 Å². The van der Waals surface area contributed by atoms with E-state index in [2.05, 4.69) is 28.7 Å². The first-order valence-corrected chi connectivity index (χ1v) is 6.83. The zero-order valence-electron chi connectivity index (χ0n) is 10.9. The first-order chi connectivity index (χ1) is 8.76. The van der Waals surface area contributed by atoms with Gasteiger partial charge in [-0.3, -0.25) is 4.98 Å². The van der Waals surface area contributed by atoms with Crippen LogP contribution < -0.4 is 10.1 Å². The van der Waals surface area contributed by atoms with Gasteiger partial charge in [0.1, 0.15) is 5.75 Å². The molecule has 0 amide bonds. The van der Waals surface area contributed by atoms with Crippen molar-refractivity contribution in [1.82, 2.24) is 10.3 Å². The summed E-state index contributed by atoms with van der Waals surface area (Å²) in [6.45, 7) is 2.10. The quantitative estimate of drug-likeness (QED) is 0.899. The molecule has 2 rings (SSSR count). The van der Waals surface area contributed by atoms with Gasteiger partial charge in [0.05, 0.1) is 18.0 Å². The highest BCUT2D eigenvalue weighted by Crippen LogP contribution is 2.32. The Morgan fingerprint density at radius 2 is 2.28 bits per heavy atom. The summed E-state index contributed by atoms with van der Waals surface area (Å²) < 4.78 is 5.39. The molecule has 0 radical (unpaired) electrons. The fraction of sp³-hybridized carbons (Fsp3) is 0.357. The van der Waals surface area contributed by atoms with Gasteiger partial charge < -0.3 is 10.1 Å². The largest absolute Gasteiger partial charge is 0.496 e. The van der Waals surface area contributed by atoms with Crippen LogP contribution in [0, 0.1) is 6.92 Å². The van der Waals surface area contributed by atoms with Crippen LogP contribution in [0.3, 0.4) is 0 Å². The molecule has 1 N–H and O–H groups in total. The van der Waals surface area contributed by atoms with Gasteiger partial charge in [-0.2, -0.15) is 0 Å². The summed E-state index contributed by atoms with van der Waals surface area (Å²) in [5.74, 6) is 0.952. The molecule has 0 saturated carbocycles. The minimum Gasteiger partial charge on any atom is -0.496 e. The lowest BCUT2D eigenvalue weighted by Gasteiger charge is -2.16. The number of rotatable bonds is 5. The molecule has 2 aromatic heterocycles. The molecule has 3 nitrogen and oxygen atoms in total. The van der Waals surface area contributed by atoms with E-state index in [-0.39, 0.29) is 6.04 Å². The van der Waals surface area contributed by atoms with Crippen molar-refractivity contribution in [2.75, 3.05) is 14.2 Å². The maximum absolute atomic E-state index is 5.39. The second-order valence-corrected chi connectivity index (χ2v) is 5.11. The van der Waals surface area contributed by atoms with E-state index in [0.717, 1.165) is 17.9 Å². The molecule has 1 atom stereocenters. The number of pyridine rings is 1. The summed E-state index contributed by atoms with van der Waals surface area (Å²) in [7, 11) is 3.69. The van der Waals surface area contributed by atoms with E-state index in [0.29, 0.717) is 0 Å². The van der Waals surface area contributed by atoms with Crippen molar-refractivity contribution in [3.8, 4) is 5.75 Å². The molecule has 1 unspecified atom stereocenters. The van der Waals surface area contributed by atoms with Crippen LogP contribution in [0.25, 0.3) is 0 Å². The lowest BCUT2D eigenvalue weighted by Crippen LogP contribution is -2.19. The van der Waals surface area contributed by atoms with Gasteiger partial charge in [-0.1, -0.05) is 6.07 Å². The zero-order chi connectivity index (χ0) is 13.0. The Morgan fingerprint density at radius 1 is 1.44 bits per heavy atom. The van der Waals surface area contributed by atoms with Crippen LogP contribution in [0.2, 0.25) is 0 Å². The van der Waals surface area contributed by atoms with Gasteiger partial charge in [0.15, 0.2) is 0 Å². The number of aromatic nitrogens is 1. The van der Waals surface area contributed by atoms with E-state index in [1.54, 1.807) is 18.4 Å². The van der Waals surface area contributed by atoms with Gasteiger partial charge in [0.2, 0.25) is 0 Å². The Balaban J connectivity index is 2.23. The normalized spacial score (nSPS) is 12.4. The Bertz CT molecular complexity index is 510. The second-order valence-electron chi connectivity index (χ2n) is 4.17. The molecule has 2 heterocycles. The molecule has 0 spiro atoms. The third-order valence-electron chi connectivity index (χ3n) is 3.06. The molecule has 96 valence electrons. The van der Waals surface area contributed by atoms with Crippen molar-refractivity contribution in [1.29, 1.82) is 0 Å². The Kier molecular flexibility index (Phi) is 4.33. The fourth-order valence-corrected chi connectivity index (χ4v) is 2.95. The summed E-state index contributed by atoms with van der Waals surface area (Å²) in [4.78, 5) is 5.68. The summed E-state index contributed by atoms with van der Waals surface area (Å²) in [5.41, 5.74) is 2.36. The third kappa shape index (κ3) is 2.71. The highest BCUT2D eigenvalue weighted by Gasteiger charge is 2.17. The molecule has 2 aromatic rings. The van der Waals surface area contributed by atoms with E-state index in [1.807, 2.05) is 25.4 Å². The Hall–Kier alpha value is -1.39. The van der Waals surface area contributed by atoms with Gasteiger partial charge in [0.25, 0.3) is 0 Å². The maximum atomic E-state index is 5.39. The SMILES string of the molecule is CNC(Cc1ncccc1C)c1sccc1OC. The smallest absolute Gasteiger partial charge is 0.134 e. The number of methoxy groups -OCH3 is 1. The predicted octanol–water partition coefficient (Wildman–Crippen LogP) is 2.96. The molecule has 0 aliphatic carbocycles. The second kappa shape index (κ2) is 5.98. The number of nitrogens with zero attached hydrogens (tertiary/aromatic N) is 1. The van der Waals surface area contributed by atoms with Gasteiger partial charge in [-0.15, -0.1) is 11.3 Å². The van der Waals surface area contributed by atoms with Crippen LogP contribution in [0.4, 0.5) is 0 Å². The molecular formula is C14H18N2OS. The summed E-state index contributed by atoms with van der Waals surface area (Å²) in [5, 5.41) is 5.40. The average molecular weight is 262 g/mol. The first-order valence-electron chi connectivity index (χ1n) is 5.95. The summed E-state index contributed by atoms with van der Waals surface area (Å²) >= 11 is 1.72. The molecule has 0 aliphatic heterocycles. The molecule has 4 heteroatoms.